The van der Waals surface area contributed by atoms with Crippen LogP contribution in [0.15, 0.2) is 0 Å². The third-order valence-electron chi connectivity index (χ3n) is 4.50. The summed E-state index contributed by atoms with van der Waals surface area (Å²) < 4.78 is 22.6. The molecule has 3 nitrogen and oxygen atoms in total. The first kappa shape index (κ1) is 15.0. The lowest BCUT2D eigenvalue weighted by atomic mass is 9.78. The summed E-state index contributed by atoms with van der Waals surface area (Å²) in [4.78, 5) is 0. The Balaban J connectivity index is 2.56. The molecule has 1 aliphatic rings. The number of sulfone groups is 1. The van der Waals surface area contributed by atoms with Crippen LogP contribution in [0.4, 0.5) is 0 Å². The van der Waals surface area contributed by atoms with Gasteiger partial charge in [0.25, 0.3) is 0 Å². The molecule has 0 spiro atoms. The van der Waals surface area contributed by atoms with Crippen LogP contribution in [0.3, 0.4) is 0 Å². The van der Waals surface area contributed by atoms with Crippen LogP contribution in [0.2, 0.25) is 0 Å². The number of nitrogens with one attached hydrogen (secondary N) is 1. The first-order valence-corrected chi connectivity index (χ1v) is 8.47. The minimum Gasteiger partial charge on any atom is -0.312 e. The lowest BCUT2D eigenvalue weighted by Crippen LogP contribution is -2.49. The van der Waals surface area contributed by atoms with Crippen molar-refractivity contribution in [1.82, 2.24) is 5.32 Å². The number of hydrogen-bond acceptors (Lipinski definition) is 3. The summed E-state index contributed by atoms with van der Waals surface area (Å²) in [5.74, 6) is 1.38. The van der Waals surface area contributed by atoms with Crippen molar-refractivity contribution in [2.24, 2.45) is 11.8 Å². The van der Waals surface area contributed by atoms with Gasteiger partial charge in [0, 0.05) is 18.8 Å². The van der Waals surface area contributed by atoms with E-state index in [2.05, 4.69) is 19.2 Å². The van der Waals surface area contributed by atoms with E-state index in [4.69, 9.17) is 0 Å². The maximum Gasteiger partial charge on any atom is 0.153 e. The summed E-state index contributed by atoms with van der Waals surface area (Å²) >= 11 is 0. The van der Waals surface area contributed by atoms with Crippen LogP contribution in [0.5, 0.6) is 0 Å². The summed E-state index contributed by atoms with van der Waals surface area (Å²) in [5.41, 5.74) is 0. The average Bonchev–Trinajstić information content (AvgIpc) is 2.18. The number of rotatable bonds is 4. The predicted molar refractivity (Wildman–Crippen MR) is 72.9 cm³/mol. The van der Waals surface area contributed by atoms with Gasteiger partial charge in [-0.15, -0.1) is 0 Å². The van der Waals surface area contributed by atoms with Gasteiger partial charge < -0.3 is 5.32 Å². The third-order valence-corrected chi connectivity index (χ3v) is 6.65. The molecule has 0 amide bonds. The van der Waals surface area contributed by atoms with Crippen molar-refractivity contribution in [2.45, 2.75) is 57.7 Å². The molecule has 0 heterocycles. The molecular weight excluding hydrogens is 234 g/mol. The van der Waals surface area contributed by atoms with Crippen LogP contribution in [-0.2, 0) is 9.84 Å². The Morgan fingerprint density at radius 3 is 2.35 bits per heavy atom. The highest BCUT2D eigenvalue weighted by Crippen LogP contribution is 2.29. The second-order valence-corrected chi connectivity index (χ2v) is 8.94. The molecule has 0 aromatic rings. The van der Waals surface area contributed by atoms with Crippen molar-refractivity contribution in [3.63, 3.8) is 0 Å². The largest absolute Gasteiger partial charge is 0.312 e. The normalized spacial score (nSPS) is 31.5. The van der Waals surface area contributed by atoms with Crippen molar-refractivity contribution in [3.05, 3.63) is 0 Å². The Morgan fingerprint density at radius 1 is 1.24 bits per heavy atom. The van der Waals surface area contributed by atoms with Crippen LogP contribution in [0, 0.1) is 11.8 Å². The zero-order chi connectivity index (χ0) is 13.3. The summed E-state index contributed by atoms with van der Waals surface area (Å²) in [5, 5.41) is 3.47. The molecule has 3 atom stereocenters. The van der Waals surface area contributed by atoms with Gasteiger partial charge in [0.15, 0.2) is 9.84 Å². The topological polar surface area (TPSA) is 46.2 Å². The van der Waals surface area contributed by atoms with Gasteiger partial charge in [-0.3, -0.25) is 0 Å². The maximum atomic E-state index is 11.6. The van der Waals surface area contributed by atoms with Gasteiger partial charge in [-0.05, 0) is 32.1 Å². The molecule has 1 N–H and O–H groups in total. The van der Waals surface area contributed by atoms with Crippen molar-refractivity contribution < 1.29 is 8.42 Å². The van der Waals surface area contributed by atoms with E-state index < -0.39 is 14.6 Å². The van der Waals surface area contributed by atoms with E-state index in [-0.39, 0.29) is 0 Å². The van der Waals surface area contributed by atoms with Gasteiger partial charge >= 0.3 is 0 Å². The summed E-state index contributed by atoms with van der Waals surface area (Å²) in [6.07, 6.45) is 5.05. The summed E-state index contributed by atoms with van der Waals surface area (Å²) in [7, 11) is -3.00. The Kier molecular flexibility index (Phi) is 4.64. The van der Waals surface area contributed by atoms with Crippen molar-refractivity contribution >= 4 is 9.84 Å². The molecule has 0 saturated heterocycles. The lowest BCUT2D eigenvalue weighted by Gasteiger charge is -2.36. The average molecular weight is 261 g/mol. The molecule has 1 saturated carbocycles. The van der Waals surface area contributed by atoms with E-state index >= 15 is 0 Å². The van der Waals surface area contributed by atoms with E-state index in [0.717, 1.165) is 5.92 Å². The second-order valence-electron chi connectivity index (χ2n) is 6.29. The molecule has 1 aliphatic carbocycles. The molecule has 1 rings (SSSR count). The monoisotopic (exact) mass is 261 g/mol. The minimum atomic E-state index is -3.00. The molecule has 3 unspecified atom stereocenters. The van der Waals surface area contributed by atoms with Gasteiger partial charge in [0.1, 0.15) is 0 Å². The van der Waals surface area contributed by atoms with Gasteiger partial charge in [-0.2, -0.15) is 0 Å². The van der Waals surface area contributed by atoms with Crippen molar-refractivity contribution in [1.29, 1.82) is 0 Å². The van der Waals surface area contributed by atoms with E-state index in [1.165, 1.54) is 25.5 Å². The van der Waals surface area contributed by atoms with Crippen LogP contribution >= 0.6 is 0 Å². The van der Waals surface area contributed by atoms with Crippen LogP contribution in [0.25, 0.3) is 0 Å². The zero-order valence-corrected chi connectivity index (χ0v) is 12.6. The molecule has 1 fully saturated rings. The van der Waals surface area contributed by atoms with Gasteiger partial charge in [-0.1, -0.05) is 26.7 Å². The SMILES string of the molecule is CC1CCCC(NCC(C)(C)S(C)(=O)=O)C1C. The van der Waals surface area contributed by atoms with E-state index in [1.807, 2.05) is 0 Å². The molecule has 17 heavy (non-hydrogen) atoms. The third kappa shape index (κ3) is 3.68. The van der Waals surface area contributed by atoms with E-state index in [9.17, 15) is 8.42 Å². The molecule has 0 aliphatic heterocycles. The predicted octanol–water partition coefficient (Wildman–Crippen LogP) is 2.22. The maximum absolute atomic E-state index is 11.6. The fraction of sp³-hybridized carbons (Fsp3) is 1.00. The molecule has 102 valence electrons. The molecular formula is C13H27NO2S. The summed E-state index contributed by atoms with van der Waals surface area (Å²) in [6, 6.07) is 0.472. The Hall–Kier alpha value is -0.0900. The highest BCUT2D eigenvalue weighted by Gasteiger charge is 2.33. The highest BCUT2D eigenvalue weighted by molar-refractivity contribution is 7.92. The highest BCUT2D eigenvalue weighted by atomic mass is 32.2. The molecule has 0 aromatic carbocycles. The van der Waals surface area contributed by atoms with E-state index in [1.54, 1.807) is 13.8 Å². The smallest absolute Gasteiger partial charge is 0.153 e. The Morgan fingerprint density at radius 2 is 1.82 bits per heavy atom. The summed E-state index contributed by atoms with van der Waals surface area (Å²) in [6.45, 7) is 8.71. The van der Waals surface area contributed by atoms with Gasteiger partial charge in [0.2, 0.25) is 0 Å². The number of hydrogen-bond donors (Lipinski definition) is 1. The first-order chi connectivity index (χ1) is 7.65. The molecule has 0 bridgehead atoms. The first-order valence-electron chi connectivity index (χ1n) is 6.58. The van der Waals surface area contributed by atoms with Crippen LogP contribution < -0.4 is 5.32 Å². The quantitative estimate of drug-likeness (QED) is 0.844. The van der Waals surface area contributed by atoms with Gasteiger partial charge in [-0.25, -0.2) is 8.42 Å². The minimum absolute atomic E-state index is 0.472. The Labute approximate surface area is 106 Å². The molecule has 0 radical (unpaired) electrons. The standard InChI is InChI=1S/C13H27NO2S/c1-10-7-6-8-12(11(10)2)14-9-13(3,4)17(5,15)16/h10-12,14H,6-9H2,1-5H3. The lowest BCUT2D eigenvalue weighted by molar-refractivity contribution is 0.204. The fourth-order valence-corrected chi connectivity index (χ4v) is 2.72. The molecule has 0 aromatic heterocycles. The Bertz CT molecular complexity index is 348. The zero-order valence-electron chi connectivity index (χ0n) is 11.8. The van der Waals surface area contributed by atoms with Crippen molar-refractivity contribution in [2.75, 3.05) is 12.8 Å². The van der Waals surface area contributed by atoms with Crippen LogP contribution in [0.1, 0.15) is 47.0 Å². The van der Waals surface area contributed by atoms with Crippen molar-refractivity contribution in [3.8, 4) is 0 Å². The second kappa shape index (κ2) is 5.27. The fourth-order valence-electron chi connectivity index (χ4n) is 2.38. The van der Waals surface area contributed by atoms with Gasteiger partial charge in [0.05, 0.1) is 4.75 Å². The van der Waals surface area contributed by atoms with Crippen LogP contribution in [-0.4, -0.2) is 32.0 Å². The molecule has 4 heteroatoms. The van der Waals surface area contributed by atoms with E-state index in [0.29, 0.717) is 18.5 Å².